The molecule has 0 fully saturated rings. The van der Waals surface area contributed by atoms with Crippen LogP contribution in [0.4, 0.5) is 0 Å². The van der Waals surface area contributed by atoms with Gasteiger partial charge in [0.05, 0.1) is 6.20 Å². The van der Waals surface area contributed by atoms with E-state index in [0.717, 1.165) is 23.3 Å². The minimum atomic E-state index is 0.709. The highest BCUT2D eigenvalue weighted by Crippen LogP contribution is 2.22. The first-order valence-corrected chi connectivity index (χ1v) is 5.62. The highest BCUT2D eigenvalue weighted by molar-refractivity contribution is 5.75. The summed E-state index contributed by atoms with van der Waals surface area (Å²) >= 11 is 0. The fourth-order valence-corrected chi connectivity index (χ4v) is 1.95. The molecule has 4 nitrogen and oxygen atoms in total. The summed E-state index contributed by atoms with van der Waals surface area (Å²) in [5.41, 5.74) is 3.99. The lowest BCUT2D eigenvalue weighted by atomic mass is 10.1. The number of hydrogen-bond acceptors (Lipinski definition) is 3. The summed E-state index contributed by atoms with van der Waals surface area (Å²) in [5.74, 6) is 0.859. The Kier molecular flexibility index (Phi) is 2.33. The number of nitrogens with one attached hydrogen (secondary N) is 1. The van der Waals surface area contributed by atoms with Crippen LogP contribution in [0.25, 0.3) is 22.6 Å². The van der Waals surface area contributed by atoms with Crippen molar-refractivity contribution in [3.05, 3.63) is 42.4 Å². The van der Waals surface area contributed by atoms with Crippen molar-refractivity contribution < 1.29 is 0 Å². The lowest BCUT2D eigenvalue weighted by molar-refractivity contribution is 1.13. The smallest absolute Gasteiger partial charge is 0.181 e. The van der Waals surface area contributed by atoms with Crippen molar-refractivity contribution in [1.82, 2.24) is 19.9 Å². The summed E-state index contributed by atoms with van der Waals surface area (Å²) < 4.78 is 0. The van der Waals surface area contributed by atoms with Crippen LogP contribution in [-0.4, -0.2) is 19.9 Å². The van der Waals surface area contributed by atoms with Crippen molar-refractivity contribution in [2.45, 2.75) is 13.3 Å². The Labute approximate surface area is 98.8 Å². The fraction of sp³-hybridized carbons (Fsp3) is 0.154. The second kappa shape index (κ2) is 3.97. The molecule has 0 aliphatic heterocycles. The van der Waals surface area contributed by atoms with E-state index in [2.05, 4.69) is 39.0 Å². The Morgan fingerprint density at radius 1 is 1.24 bits per heavy atom. The number of fused-ring (bicyclic) bond motifs is 1. The van der Waals surface area contributed by atoms with Crippen LogP contribution in [0.2, 0.25) is 0 Å². The van der Waals surface area contributed by atoms with E-state index < -0.39 is 0 Å². The second-order valence-corrected chi connectivity index (χ2v) is 3.86. The van der Waals surface area contributed by atoms with E-state index in [-0.39, 0.29) is 0 Å². The largest absolute Gasteiger partial charge is 0.335 e. The maximum atomic E-state index is 4.48. The standard InChI is InChI=1S/C13H12N4/c1-2-9-5-3-4-6-10(9)12-16-11-7-14-8-15-13(11)17-12/h3-8H,2H2,1H3,(H,14,15,16,17). The molecule has 0 aliphatic rings. The van der Waals surface area contributed by atoms with Crippen LogP contribution in [-0.2, 0) is 6.42 Å². The molecule has 0 amide bonds. The molecule has 0 radical (unpaired) electrons. The molecule has 2 heterocycles. The average Bonchev–Trinajstić information content (AvgIpc) is 2.82. The molecule has 0 spiro atoms. The molecule has 1 aromatic carbocycles. The molecule has 4 heteroatoms. The van der Waals surface area contributed by atoms with Crippen molar-refractivity contribution in [1.29, 1.82) is 0 Å². The molecule has 0 saturated carbocycles. The lowest BCUT2D eigenvalue weighted by Gasteiger charge is -2.03. The van der Waals surface area contributed by atoms with E-state index in [1.54, 1.807) is 6.20 Å². The van der Waals surface area contributed by atoms with Crippen LogP contribution in [0.3, 0.4) is 0 Å². The van der Waals surface area contributed by atoms with Crippen molar-refractivity contribution in [3.8, 4) is 11.4 Å². The quantitative estimate of drug-likeness (QED) is 0.727. The molecule has 0 atom stereocenters. The SMILES string of the molecule is CCc1ccccc1-c1nc2ncncc2[nH]1. The minimum Gasteiger partial charge on any atom is -0.335 e. The molecule has 0 saturated heterocycles. The van der Waals surface area contributed by atoms with Crippen LogP contribution in [0.15, 0.2) is 36.8 Å². The van der Waals surface area contributed by atoms with Crippen LogP contribution in [0, 0.1) is 0 Å². The third-order valence-corrected chi connectivity index (χ3v) is 2.82. The highest BCUT2D eigenvalue weighted by Gasteiger charge is 2.08. The van der Waals surface area contributed by atoms with Gasteiger partial charge in [-0.15, -0.1) is 0 Å². The second-order valence-electron chi connectivity index (χ2n) is 3.86. The average molecular weight is 224 g/mol. The molecule has 17 heavy (non-hydrogen) atoms. The first-order chi connectivity index (χ1) is 8.38. The van der Waals surface area contributed by atoms with Crippen molar-refractivity contribution >= 4 is 11.2 Å². The van der Waals surface area contributed by atoms with E-state index in [0.29, 0.717) is 5.65 Å². The summed E-state index contributed by atoms with van der Waals surface area (Å²) in [6.45, 7) is 2.14. The van der Waals surface area contributed by atoms with E-state index in [4.69, 9.17) is 0 Å². The Balaban J connectivity index is 2.20. The predicted molar refractivity (Wildman–Crippen MR) is 66.5 cm³/mol. The molecule has 84 valence electrons. The van der Waals surface area contributed by atoms with Gasteiger partial charge in [0.1, 0.15) is 17.7 Å². The maximum Gasteiger partial charge on any atom is 0.181 e. The number of H-pyrrole nitrogens is 1. The summed E-state index contributed by atoms with van der Waals surface area (Å²) in [6.07, 6.45) is 4.24. The van der Waals surface area contributed by atoms with E-state index >= 15 is 0 Å². The van der Waals surface area contributed by atoms with E-state index in [1.807, 2.05) is 12.1 Å². The van der Waals surface area contributed by atoms with Gasteiger partial charge in [0.25, 0.3) is 0 Å². The zero-order valence-electron chi connectivity index (χ0n) is 9.51. The van der Waals surface area contributed by atoms with Gasteiger partial charge in [-0.1, -0.05) is 31.2 Å². The summed E-state index contributed by atoms with van der Waals surface area (Å²) in [5, 5.41) is 0. The number of benzene rings is 1. The topological polar surface area (TPSA) is 54.5 Å². The summed E-state index contributed by atoms with van der Waals surface area (Å²) in [4.78, 5) is 15.8. The zero-order valence-corrected chi connectivity index (χ0v) is 9.51. The van der Waals surface area contributed by atoms with Gasteiger partial charge >= 0.3 is 0 Å². The molecule has 1 N–H and O–H groups in total. The first kappa shape index (κ1) is 9.96. The third kappa shape index (κ3) is 1.67. The maximum absolute atomic E-state index is 4.48. The number of aryl methyl sites for hydroxylation is 1. The normalized spacial score (nSPS) is 10.9. The highest BCUT2D eigenvalue weighted by atomic mass is 15.0. The molecule has 0 aliphatic carbocycles. The molecule has 3 aromatic rings. The number of aromatic nitrogens is 4. The lowest BCUT2D eigenvalue weighted by Crippen LogP contribution is -1.88. The Morgan fingerprint density at radius 2 is 2.12 bits per heavy atom. The zero-order chi connectivity index (χ0) is 11.7. The molecule has 3 rings (SSSR count). The van der Waals surface area contributed by atoms with Gasteiger partial charge < -0.3 is 4.98 Å². The van der Waals surface area contributed by atoms with E-state index in [9.17, 15) is 0 Å². The third-order valence-electron chi connectivity index (χ3n) is 2.82. The van der Waals surface area contributed by atoms with Crippen LogP contribution in [0.1, 0.15) is 12.5 Å². The van der Waals surface area contributed by atoms with Gasteiger partial charge in [-0.2, -0.15) is 0 Å². The fourth-order valence-electron chi connectivity index (χ4n) is 1.95. The van der Waals surface area contributed by atoms with Gasteiger partial charge in [0, 0.05) is 5.56 Å². The van der Waals surface area contributed by atoms with Gasteiger partial charge in [-0.25, -0.2) is 15.0 Å². The van der Waals surface area contributed by atoms with Gasteiger partial charge in [0.15, 0.2) is 5.65 Å². The number of aromatic amines is 1. The van der Waals surface area contributed by atoms with Crippen LogP contribution in [0.5, 0.6) is 0 Å². The van der Waals surface area contributed by atoms with Gasteiger partial charge in [-0.05, 0) is 12.0 Å². The summed E-state index contributed by atoms with van der Waals surface area (Å²) in [7, 11) is 0. The van der Waals surface area contributed by atoms with Crippen molar-refractivity contribution in [2.24, 2.45) is 0 Å². The minimum absolute atomic E-state index is 0.709. The molecule has 0 bridgehead atoms. The first-order valence-electron chi connectivity index (χ1n) is 5.62. The monoisotopic (exact) mass is 224 g/mol. The molecule has 2 aromatic heterocycles. The molecule has 0 unspecified atom stereocenters. The van der Waals surface area contributed by atoms with Crippen molar-refractivity contribution in [2.75, 3.05) is 0 Å². The summed E-state index contributed by atoms with van der Waals surface area (Å²) in [6, 6.07) is 8.26. The number of imidazole rings is 1. The van der Waals surface area contributed by atoms with E-state index in [1.165, 1.54) is 11.9 Å². The van der Waals surface area contributed by atoms with Crippen LogP contribution >= 0.6 is 0 Å². The van der Waals surface area contributed by atoms with Crippen LogP contribution < -0.4 is 0 Å². The van der Waals surface area contributed by atoms with Crippen molar-refractivity contribution in [3.63, 3.8) is 0 Å². The number of hydrogen-bond donors (Lipinski definition) is 1. The molecular weight excluding hydrogens is 212 g/mol. The Morgan fingerprint density at radius 3 is 2.94 bits per heavy atom. The molecular formula is C13H12N4. The Bertz CT molecular complexity index is 624. The predicted octanol–water partition coefficient (Wildman–Crippen LogP) is 2.58. The Hall–Kier alpha value is -2.23. The number of nitrogens with zero attached hydrogens (tertiary/aromatic N) is 3. The van der Waals surface area contributed by atoms with Gasteiger partial charge in [0.2, 0.25) is 0 Å². The van der Waals surface area contributed by atoms with Gasteiger partial charge in [-0.3, -0.25) is 0 Å². The number of rotatable bonds is 2.